The number of carboxylic acids is 1. The number of rotatable bonds is 7. The van der Waals surface area contributed by atoms with Crippen molar-refractivity contribution < 1.29 is 32.5 Å². The van der Waals surface area contributed by atoms with Crippen molar-refractivity contribution in [1.82, 2.24) is 10.2 Å². The van der Waals surface area contributed by atoms with Crippen LogP contribution in [0.4, 0.5) is 18.3 Å². The minimum Gasteiger partial charge on any atom is -0.542 e. The van der Waals surface area contributed by atoms with Gasteiger partial charge in [0.05, 0.1) is 17.1 Å². The highest BCUT2D eigenvalue weighted by Gasteiger charge is 2.28. The number of hydrogen-bond acceptors (Lipinski definition) is 7. The highest BCUT2D eigenvalue weighted by atomic mass is 32.2. The Bertz CT molecular complexity index is 678. The fourth-order valence-corrected chi connectivity index (χ4v) is 2.81. The number of carbonyl (C=O) groups is 1. The molecule has 2 rings (SSSR count). The average molecular weight is 393 g/mol. The largest absolute Gasteiger partial charge is 0.542 e. The Kier molecular flexibility index (Phi) is 8.79. The zero-order chi connectivity index (χ0) is 19.6. The van der Waals surface area contributed by atoms with Crippen LogP contribution in [0.1, 0.15) is 12.8 Å². The van der Waals surface area contributed by atoms with Gasteiger partial charge in [0.1, 0.15) is 11.7 Å². The summed E-state index contributed by atoms with van der Waals surface area (Å²) in [5.41, 5.74) is 7.54. The molecular formula is C15H18F3N3O4S. The van der Waals surface area contributed by atoms with Crippen LogP contribution in [0.15, 0.2) is 29.8 Å². The molecule has 1 atom stereocenters. The third-order valence-corrected chi connectivity index (χ3v) is 4.47. The maximum atomic E-state index is 10.5. The molecular weight excluding hydrogens is 375 g/mol. The molecule has 1 heterocycles. The standard InChI is InChI=1S/C13H18N3O2S.C2HF3O2/c1-17-8-2-3-9-18-11-4-6-12(7-5-11)19-10-15-16-13(19)14;3-2(4,5)1(6)7/h4-7,10H,2-3,8-9H2,1H3,(H2,14,16);(H,6,7)/q+1;/p-1. The number of nitrogen functional groups attached to an aromatic ring is 1. The summed E-state index contributed by atoms with van der Waals surface area (Å²) in [6, 6.07) is 7.93. The molecule has 2 N–H and O–H groups in total. The van der Waals surface area contributed by atoms with Gasteiger partial charge in [0.2, 0.25) is 0 Å². The molecule has 0 saturated heterocycles. The Morgan fingerprint density at radius 1 is 1.23 bits per heavy atom. The number of halogens is 3. The molecule has 0 aliphatic rings. The molecule has 0 saturated carbocycles. The molecule has 0 amide bonds. The van der Waals surface area contributed by atoms with Crippen molar-refractivity contribution in [1.29, 1.82) is 0 Å². The predicted molar refractivity (Wildman–Crippen MR) is 87.9 cm³/mol. The van der Waals surface area contributed by atoms with Gasteiger partial charge in [0, 0.05) is 25.8 Å². The quantitative estimate of drug-likeness (QED) is 0.565. The summed E-state index contributed by atoms with van der Waals surface area (Å²) in [5.74, 6) is -2.14. The Hall–Kier alpha value is -2.40. The number of hydrogen-bond donors (Lipinski definition) is 1. The second kappa shape index (κ2) is 10.6. The fraction of sp³-hybridized carbons (Fsp3) is 0.400. The van der Waals surface area contributed by atoms with Crippen molar-refractivity contribution in [2.75, 3.05) is 26.1 Å². The number of anilines is 1. The van der Waals surface area contributed by atoms with Crippen molar-refractivity contribution in [2.24, 2.45) is 0 Å². The van der Waals surface area contributed by atoms with Crippen LogP contribution >= 0.6 is 10.5 Å². The van der Waals surface area contributed by atoms with E-state index < -0.39 is 12.1 Å². The first kappa shape index (κ1) is 21.6. The lowest BCUT2D eigenvalue weighted by Gasteiger charge is -2.05. The smallest absolute Gasteiger partial charge is 0.430 e. The van der Waals surface area contributed by atoms with Crippen molar-refractivity contribution in [3.63, 3.8) is 0 Å². The zero-order valence-corrected chi connectivity index (χ0v) is 14.7. The minimum absolute atomic E-state index is 0.290. The second-order valence-electron chi connectivity index (χ2n) is 4.80. The summed E-state index contributed by atoms with van der Waals surface area (Å²) in [6.07, 6.45) is -3.19. The van der Waals surface area contributed by atoms with Gasteiger partial charge >= 0.3 is 11.3 Å². The summed E-state index contributed by atoms with van der Waals surface area (Å²) in [6.45, 7) is 1.49. The van der Waals surface area contributed by atoms with Gasteiger partial charge in [-0.3, -0.25) is 0 Å². The first-order valence-corrected chi connectivity index (χ1v) is 8.64. The number of benzene rings is 1. The number of carboxylic acid groups (broad SMARTS) is 1. The molecule has 1 aromatic carbocycles. The van der Waals surface area contributed by atoms with E-state index in [1.807, 2.05) is 24.3 Å². The molecule has 1 unspecified atom stereocenters. The maximum absolute atomic E-state index is 10.5. The topological polar surface area (TPSA) is 110 Å². The molecule has 11 heteroatoms. The Labute approximate surface area is 150 Å². The molecule has 144 valence electrons. The molecule has 26 heavy (non-hydrogen) atoms. The van der Waals surface area contributed by atoms with E-state index in [1.54, 1.807) is 12.6 Å². The summed E-state index contributed by atoms with van der Waals surface area (Å²) < 4.78 is 42.2. The van der Waals surface area contributed by atoms with Crippen LogP contribution in [0.2, 0.25) is 0 Å². The Morgan fingerprint density at radius 2 is 1.81 bits per heavy atom. The van der Waals surface area contributed by atoms with Gasteiger partial charge < -0.3 is 25.1 Å². The van der Waals surface area contributed by atoms with Gasteiger partial charge in [-0.25, -0.2) is 0 Å². The number of aliphatic carboxylic acids is 1. The first-order valence-electron chi connectivity index (χ1n) is 7.35. The summed E-state index contributed by atoms with van der Waals surface area (Å²) in [7, 11) is 1.42. The van der Waals surface area contributed by atoms with Crippen LogP contribution in [0.5, 0.6) is 5.75 Å². The van der Waals surface area contributed by atoms with E-state index in [0.29, 0.717) is 11.7 Å². The molecule has 7 nitrogen and oxygen atoms in total. The van der Waals surface area contributed by atoms with Crippen LogP contribution in [-0.4, -0.2) is 42.7 Å². The lowest BCUT2D eigenvalue weighted by Crippen LogP contribution is -2.37. The predicted octanol–water partition coefficient (Wildman–Crippen LogP) is 1.90. The van der Waals surface area contributed by atoms with E-state index in [1.165, 1.54) is 0 Å². The van der Waals surface area contributed by atoms with Crippen molar-refractivity contribution in [3.05, 3.63) is 29.8 Å². The van der Waals surface area contributed by atoms with Crippen molar-refractivity contribution in [2.45, 2.75) is 19.0 Å². The van der Waals surface area contributed by atoms with Gasteiger partial charge in [-0.05, 0) is 25.0 Å². The van der Waals surface area contributed by atoms with Gasteiger partial charge in [-0.1, -0.05) is 10.2 Å². The van der Waals surface area contributed by atoms with Crippen molar-refractivity contribution in [3.8, 4) is 10.6 Å². The second-order valence-corrected chi connectivity index (χ2v) is 6.58. The van der Waals surface area contributed by atoms with E-state index >= 15 is 0 Å². The highest BCUT2D eigenvalue weighted by Crippen LogP contribution is 2.35. The molecule has 1 aromatic heterocycles. The SMILES string of the molecule is COCCCCOc1ccc(-[s+]2cnnc2N)cc1.O=C([O-])C(F)(F)F. The van der Waals surface area contributed by atoms with E-state index in [0.717, 1.165) is 30.1 Å². The number of unbranched alkanes of at least 4 members (excludes halogenated alkanes) is 1. The number of nitrogens with two attached hydrogens (primary N) is 1. The van der Waals surface area contributed by atoms with Crippen LogP contribution in [0.25, 0.3) is 4.90 Å². The zero-order valence-electron chi connectivity index (χ0n) is 13.9. The van der Waals surface area contributed by atoms with Crippen LogP contribution < -0.4 is 15.6 Å². The number of methoxy groups -OCH3 is 1. The molecule has 2 aromatic rings. The Balaban J connectivity index is 0.000000412. The third-order valence-electron chi connectivity index (χ3n) is 2.85. The van der Waals surface area contributed by atoms with Gasteiger partial charge in [0.15, 0.2) is 4.90 Å². The molecule has 0 fully saturated rings. The Morgan fingerprint density at radius 3 is 2.27 bits per heavy atom. The molecule has 0 radical (unpaired) electrons. The van der Waals surface area contributed by atoms with Crippen molar-refractivity contribution >= 4 is 21.6 Å². The summed E-state index contributed by atoms with van der Waals surface area (Å²) in [5, 5.41) is 17.0. The first-order chi connectivity index (χ1) is 12.3. The van der Waals surface area contributed by atoms with Crippen LogP contribution in [-0.2, 0) is 9.53 Å². The monoisotopic (exact) mass is 393 g/mol. The molecule has 0 spiro atoms. The van der Waals surface area contributed by atoms with Crippen LogP contribution in [0, 0.1) is 0 Å². The number of carbonyl (C=O) groups excluding carboxylic acids is 1. The van der Waals surface area contributed by atoms with E-state index in [9.17, 15) is 13.2 Å². The fourth-order valence-electron chi connectivity index (χ4n) is 1.63. The summed E-state index contributed by atoms with van der Waals surface area (Å²) >= 11 is 0. The van der Waals surface area contributed by atoms with E-state index in [-0.39, 0.29) is 10.5 Å². The minimum atomic E-state index is -5.19. The number of ether oxygens (including phenoxy) is 2. The van der Waals surface area contributed by atoms with E-state index in [2.05, 4.69) is 10.2 Å². The molecule has 0 aliphatic carbocycles. The lowest BCUT2D eigenvalue weighted by molar-refractivity contribution is -0.344. The normalized spacial score (nSPS) is 11.5. The molecule has 0 bridgehead atoms. The van der Waals surface area contributed by atoms with Gasteiger partial charge in [-0.15, -0.1) is 0 Å². The summed E-state index contributed by atoms with van der Waals surface area (Å²) in [4.78, 5) is 9.89. The van der Waals surface area contributed by atoms with Gasteiger partial charge in [-0.2, -0.15) is 13.2 Å². The van der Waals surface area contributed by atoms with E-state index in [4.69, 9.17) is 25.1 Å². The van der Waals surface area contributed by atoms with Crippen LogP contribution in [0.3, 0.4) is 0 Å². The highest BCUT2D eigenvalue weighted by molar-refractivity contribution is 7.40. The lowest BCUT2D eigenvalue weighted by atomic mass is 10.3. The third kappa shape index (κ3) is 7.66. The average Bonchev–Trinajstić information content (AvgIpc) is 3.01. The number of alkyl halides is 3. The maximum Gasteiger partial charge on any atom is 0.430 e. The van der Waals surface area contributed by atoms with Gasteiger partial charge in [0.25, 0.3) is 5.51 Å². The molecule has 0 aliphatic heterocycles. The number of nitrogens with zero attached hydrogens (tertiary/aromatic N) is 2. The number of aromatic nitrogens is 2.